The van der Waals surface area contributed by atoms with E-state index in [2.05, 4.69) is 10.6 Å². The fourth-order valence-electron chi connectivity index (χ4n) is 1.46. The van der Waals surface area contributed by atoms with Gasteiger partial charge in [0, 0.05) is 13.6 Å². The highest BCUT2D eigenvalue weighted by molar-refractivity contribution is 7.91. The SMILES string of the molecule is CCNC(=O)c1sc(NC)c(S(=O)(=O)CC)c1N. The number of carbonyl (C=O) groups is 1. The van der Waals surface area contributed by atoms with Crippen molar-refractivity contribution in [2.75, 3.05) is 30.4 Å². The van der Waals surface area contributed by atoms with Crippen LogP contribution < -0.4 is 16.4 Å². The molecule has 0 spiro atoms. The summed E-state index contributed by atoms with van der Waals surface area (Å²) in [7, 11) is -1.86. The zero-order valence-electron chi connectivity index (χ0n) is 10.5. The van der Waals surface area contributed by atoms with Crippen LogP contribution in [0.3, 0.4) is 0 Å². The van der Waals surface area contributed by atoms with Gasteiger partial charge in [-0.05, 0) is 6.92 Å². The fourth-order valence-corrected chi connectivity index (χ4v) is 4.02. The second-order valence-corrected chi connectivity index (χ2v) is 6.75. The Morgan fingerprint density at radius 1 is 1.39 bits per heavy atom. The van der Waals surface area contributed by atoms with Crippen LogP contribution in [0.4, 0.5) is 10.7 Å². The molecule has 0 unspecified atom stereocenters. The number of rotatable bonds is 5. The van der Waals surface area contributed by atoms with Crippen molar-refractivity contribution in [3.8, 4) is 0 Å². The maximum absolute atomic E-state index is 12.0. The lowest BCUT2D eigenvalue weighted by molar-refractivity contribution is 0.0960. The van der Waals surface area contributed by atoms with Gasteiger partial charge in [-0.25, -0.2) is 8.42 Å². The van der Waals surface area contributed by atoms with Gasteiger partial charge in [-0.2, -0.15) is 0 Å². The smallest absolute Gasteiger partial charge is 0.263 e. The van der Waals surface area contributed by atoms with Crippen molar-refractivity contribution >= 4 is 37.8 Å². The summed E-state index contributed by atoms with van der Waals surface area (Å²) in [5.74, 6) is -0.411. The van der Waals surface area contributed by atoms with Gasteiger partial charge in [0.05, 0.1) is 11.4 Å². The summed E-state index contributed by atoms with van der Waals surface area (Å²) >= 11 is 1.05. The Labute approximate surface area is 110 Å². The second-order valence-electron chi connectivity index (χ2n) is 3.52. The van der Waals surface area contributed by atoms with Crippen LogP contribution in [0.25, 0.3) is 0 Å². The summed E-state index contributed by atoms with van der Waals surface area (Å²) in [6.45, 7) is 3.78. The Morgan fingerprint density at radius 2 is 2.00 bits per heavy atom. The number of nitrogen functional groups attached to an aromatic ring is 1. The van der Waals surface area contributed by atoms with Crippen molar-refractivity contribution in [3.63, 3.8) is 0 Å². The first-order valence-electron chi connectivity index (χ1n) is 5.49. The maximum atomic E-state index is 12.0. The monoisotopic (exact) mass is 291 g/mol. The topological polar surface area (TPSA) is 101 Å². The summed E-state index contributed by atoms with van der Waals surface area (Å²) in [5, 5.41) is 5.78. The number of nitrogens with two attached hydrogens (primary N) is 1. The molecule has 0 radical (unpaired) electrons. The molecular weight excluding hydrogens is 274 g/mol. The molecule has 1 aromatic heterocycles. The Balaban J connectivity index is 3.41. The van der Waals surface area contributed by atoms with Crippen LogP contribution >= 0.6 is 11.3 Å². The van der Waals surface area contributed by atoms with E-state index in [0.717, 1.165) is 11.3 Å². The molecule has 0 fully saturated rings. The number of amides is 1. The molecule has 0 aliphatic carbocycles. The third-order valence-corrected chi connectivity index (χ3v) is 5.52. The van der Waals surface area contributed by atoms with Crippen LogP contribution in [0.1, 0.15) is 23.5 Å². The molecule has 0 aliphatic heterocycles. The molecule has 18 heavy (non-hydrogen) atoms. The van der Waals surface area contributed by atoms with Gasteiger partial charge in [0.1, 0.15) is 14.8 Å². The molecule has 0 saturated carbocycles. The quantitative estimate of drug-likeness (QED) is 0.748. The van der Waals surface area contributed by atoms with Crippen molar-refractivity contribution in [1.82, 2.24) is 5.32 Å². The number of nitrogens with one attached hydrogen (secondary N) is 2. The average molecular weight is 291 g/mol. The molecule has 0 aliphatic rings. The Bertz CT molecular complexity index is 549. The zero-order valence-corrected chi connectivity index (χ0v) is 12.2. The van der Waals surface area contributed by atoms with Crippen LogP contribution in [0.5, 0.6) is 0 Å². The highest BCUT2D eigenvalue weighted by Crippen LogP contribution is 2.39. The van der Waals surface area contributed by atoms with Crippen molar-refractivity contribution in [3.05, 3.63) is 4.88 Å². The predicted molar refractivity (Wildman–Crippen MR) is 74.0 cm³/mol. The first kappa shape index (κ1) is 14.8. The van der Waals surface area contributed by atoms with Crippen molar-refractivity contribution in [1.29, 1.82) is 0 Å². The van der Waals surface area contributed by atoms with Crippen LogP contribution in [-0.4, -0.2) is 33.7 Å². The molecule has 1 heterocycles. The lowest BCUT2D eigenvalue weighted by atomic mass is 10.3. The van der Waals surface area contributed by atoms with Crippen LogP contribution in [0.15, 0.2) is 4.90 Å². The molecule has 1 rings (SSSR count). The summed E-state index contributed by atoms with van der Waals surface area (Å²) in [6.07, 6.45) is 0. The number of anilines is 2. The Kier molecular flexibility index (Phi) is 4.58. The molecule has 4 N–H and O–H groups in total. The van der Waals surface area contributed by atoms with E-state index in [9.17, 15) is 13.2 Å². The third-order valence-electron chi connectivity index (χ3n) is 2.36. The van der Waals surface area contributed by atoms with Crippen LogP contribution in [0.2, 0.25) is 0 Å². The van der Waals surface area contributed by atoms with Gasteiger partial charge in [0.15, 0.2) is 9.84 Å². The Hall–Kier alpha value is -1.28. The first-order chi connectivity index (χ1) is 8.38. The lowest BCUT2D eigenvalue weighted by Gasteiger charge is -2.04. The van der Waals surface area contributed by atoms with E-state index in [1.54, 1.807) is 14.0 Å². The average Bonchev–Trinajstić information content (AvgIpc) is 2.67. The first-order valence-corrected chi connectivity index (χ1v) is 7.96. The highest BCUT2D eigenvalue weighted by atomic mass is 32.2. The van der Waals surface area contributed by atoms with E-state index in [1.807, 2.05) is 0 Å². The summed E-state index contributed by atoms with van der Waals surface area (Å²) < 4.78 is 23.9. The molecule has 8 heteroatoms. The minimum Gasteiger partial charge on any atom is -0.396 e. The highest BCUT2D eigenvalue weighted by Gasteiger charge is 2.27. The van der Waals surface area contributed by atoms with E-state index in [4.69, 9.17) is 5.73 Å². The third kappa shape index (κ3) is 2.59. The second kappa shape index (κ2) is 5.57. The van der Waals surface area contributed by atoms with E-state index >= 15 is 0 Å². The minimum absolute atomic E-state index is 0.0251. The van der Waals surface area contributed by atoms with Crippen molar-refractivity contribution in [2.45, 2.75) is 18.7 Å². The largest absolute Gasteiger partial charge is 0.396 e. The molecular formula is C10H17N3O3S2. The van der Waals surface area contributed by atoms with Gasteiger partial charge in [0.25, 0.3) is 5.91 Å². The number of sulfone groups is 1. The van der Waals surface area contributed by atoms with Crippen LogP contribution in [-0.2, 0) is 9.84 Å². The lowest BCUT2D eigenvalue weighted by Crippen LogP contribution is -2.22. The van der Waals surface area contributed by atoms with Gasteiger partial charge in [-0.3, -0.25) is 4.79 Å². The minimum atomic E-state index is -3.46. The van der Waals surface area contributed by atoms with E-state index in [0.29, 0.717) is 11.5 Å². The normalized spacial score (nSPS) is 11.3. The van der Waals surface area contributed by atoms with Crippen LogP contribution in [0, 0.1) is 0 Å². The van der Waals surface area contributed by atoms with Gasteiger partial charge in [-0.1, -0.05) is 6.92 Å². The molecule has 0 bridgehead atoms. The standard InChI is InChI=1S/C10H17N3O3S2/c1-4-13-9(14)7-6(11)8(10(12-3)17-7)18(15,16)5-2/h12H,4-5,11H2,1-3H3,(H,13,14). The molecule has 1 aromatic rings. The maximum Gasteiger partial charge on any atom is 0.263 e. The zero-order chi connectivity index (χ0) is 13.9. The van der Waals surface area contributed by atoms with E-state index in [-0.39, 0.29) is 27.1 Å². The van der Waals surface area contributed by atoms with E-state index in [1.165, 1.54) is 6.92 Å². The summed E-state index contributed by atoms with van der Waals surface area (Å²) in [4.78, 5) is 12.0. The van der Waals surface area contributed by atoms with Gasteiger partial charge >= 0.3 is 0 Å². The number of thiophene rings is 1. The molecule has 1 amide bonds. The fraction of sp³-hybridized carbons (Fsp3) is 0.500. The Morgan fingerprint density at radius 3 is 2.44 bits per heavy atom. The molecule has 0 saturated heterocycles. The number of hydrogen-bond donors (Lipinski definition) is 3. The van der Waals surface area contributed by atoms with Gasteiger partial charge < -0.3 is 16.4 Å². The van der Waals surface area contributed by atoms with Gasteiger partial charge in [0.2, 0.25) is 0 Å². The van der Waals surface area contributed by atoms with Gasteiger partial charge in [-0.15, -0.1) is 11.3 Å². The summed E-state index contributed by atoms with van der Waals surface area (Å²) in [6, 6.07) is 0. The number of hydrogen-bond acceptors (Lipinski definition) is 6. The molecule has 0 aromatic carbocycles. The molecule has 102 valence electrons. The number of carbonyl (C=O) groups excluding carboxylic acids is 1. The van der Waals surface area contributed by atoms with Crippen molar-refractivity contribution in [2.24, 2.45) is 0 Å². The molecule has 0 atom stereocenters. The predicted octanol–water partition coefficient (Wildman–Crippen LogP) is 0.915. The van der Waals surface area contributed by atoms with E-state index < -0.39 is 9.84 Å². The summed E-state index contributed by atoms with van der Waals surface area (Å²) in [5.41, 5.74) is 5.83. The molecule has 6 nitrogen and oxygen atoms in total. The van der Waals surface area contributed by atoms with Crippen molar-refractivity contribution < 1.29 is 13.2 Å².